The molecule has 0 bridgehead atoms. The Balaban J connectivity index is 1.67. The second kappa shape index (κ2) is 5.72. The number of carbonyl (C=O) groups is 2. The molecule has 1 amide bonds. The number of nitrogens with zero attached hydrogens (tertiary/aromatic N) is 1. The van der Waals surface area contributed by atoms with Gasteiger partial charge in [0.1, 0.15) is 0 Å². The van der Waals surface area contributed by atoms with E-state index in [1.54, 1.807) is 12.1 Å². The van der Waals surface area contributed by atoms with E-state index >= 15 is 0 Å². The Hall–Kier alpha value is -2.10. The van der Waals surface area contributed by atoms with E-state index in [9.17, 15) is 9.59 Å². The highest BCUT2D eigenvalue weighted by Gasteiger charge is 2.24. The first-order valence-electron chi connectivity index (χ1n) is 7.44. The summed E-state index contributed by atoms with van der Waals surface area (Å²) in [6.45, 7) is 1.13. The van der Waals surface area contributed by atoms with Crippen LogP contribution in [0.4, 0.5) is 0 Å². The molecule has 110 valence electrons. The Kier molecular flexibility index (Phi) is 3.78. The van der Waals surface area contributed by atoms with Crippen molar-refractivity contribution in [3.8, 4) is 0 Å². The summed E-state index contributed by atoms with van der Waals surface area (Å²) >= 11 is 0. The first-order valence-corrected chi connectivity index (χ1v) is 7.44. The van der Waals surface area contributed by atoms with Gasteiger partial charge in [-0.3, -0.25) is 4.79 Å². The second-order valence-corrected chi connectivity index (χ2v) is 5.82. The molecule has 1 aromatic rings. The number of benzene rings is 1. The lowest BCUT2D eigenvalue weighted by atomic mass is 9.97. The van der Waals surface area contributed by atoms with Crippen molar-refractivity contribution in [2.75, 3.05) is 0 Å². The maximum Gasteiger partial charge on any atom is 0.335 e. The molecule has 1 N–H and O–H groups in total. The van der Waals surface area contributed by atoms with Crippen molar-refractivity contribution in [2.24, 2.45) is 0 Å². The van der Waals surface area contributed by atoms with Crippen LogP contribution in [0.15, 0.2) is 29.8 Å². The number of carbonyl (C=O) groups excluding carboxylic acids is 1. The van der Waals surface area contributed by atoms with Crippen LogP contribution in [-0.2, 0) is 17.9 Å². The van der Waals surface area contributed by atoms with Crippen molar-refractivity contribution < 1.29 is 14.7 Å². The Morgan fingerprint density at radius 2 is 1.95 bits per heavy atom. The normalized spacial score (nSPS) is 17.3. The second-order valence-electron chi connectivity index (χ2n) is 5.82. The van der Waals surface area contributed by atoms with Gasteiger partial charge in [-0.25, -0.2) is 4.79 Å². The average Bonchev–Trinajstić information content (AvgIpc) is 2.91. The molecule has 21 heavy (non-hydrogen) atoms. The molecule has 0 fully saturated rings. The summed E-state index contributed by atoms with van der Waals surface area (Å²) in [5.74, 6) is -0.772. The molecule has 0 radical (unpaired) electrons. The fraction of sp³-hybridized carbons (Fsp3) is 0.412. The molecule has 1 heterocycles. The smallest absolute Gasteiger partial charge is 0.335 e. The van der Waals surface area contributed by atoms with Gasteiger partial charge in [0, 0.05) is 19.5 Å². The van der Waals surface area contributed by atoms with Gasteiger partial charge in [-0.1, -0.05) is 17.7 Å². The summed E-state index contributed by atoms with van der Waals surface area (Å²) < 4.78 is 0. The molecular formula is C17H19NO3. The van der Waals surface area contributed by atoms with Crippen molar-refractivity contribution in [2.45, 2.75) is 45.2 Å². The maximum absolute atomic E-state index is 12.4. The third-order valence-electron chi connectivity index (χ3n) is 4.29. The number of carboxylic acid groups (broad SMARTS) is 1. The average molecular weight is 285 g/mol. The third-order valence-corrected chi connectivity index (χ3v) is 4.29. The zero-order valence-corrected chi connectivity index (χ0v) is 12.0. The minimum absolute atomic E-state index is 0.149. The SMILES string of the molecule is O=C(O)c1ccc2c(c1)CN(C(=O)CC1=CCCCC1)C2. The number of hydrogen-bond donors (Lipinski definition) is 1. The van der Waals surface area contributed by atoms with Crippen LogP contribution in [0, 0.1) is 0 Å². The van der Waals surface area contributed by atoms with Crippen LogP contribution in [0.3, 0.4) is 0 Å². The van der Waals surface area contributed by atoms with Crippen molar-refractivity contribution in [3.63, 3.8) is 0 Å². The standard InChI is InChI=1S/C17H19NO3/c19-16(8-12-4-2-1-3-5-12)18-10-14-7-6-13(17(20)21)9-15(14)11-18/h4,6-7,9H,1-3,5,8,10-11H2,(H,20,21). The predicted octanol–water partition coefficient (Wildman–Crippen LogP) is 3.12. The molecule has 0 spiro atoms. The fourth-order valence-corrected chi connectivity index (χ4v) is 3.08. The van der Waals surface area contributed by atoms with Crippen molar-refractivity contribution in [1.82, 2.24) is 4.90 Å². The number of hydrogen-bond acceptors (Lipinski definition) is 2. The lowest BCUT2D eigenvalue weighted by Gasteiger charge is -2.18. The molecule has 1 aliphatic carbocycles. The summed E-state index contributed by atoms with van der Waals surface area (Å²) in [5, 5.41) is 9.02. The van der Waals surface area contributed by atoms with Gasteiger partial charge in [-0.2, -0.15) is 0 Å². The van der Waals surface area contributed by atoms with Crippen LogP contribution in [0.1, 0.15) is 53.6 Å². The van der Waals surface area contributed by atoms with Crippen LogP contribution in [-0.4, -0.2) is 21.9 Å². The largest absolute Gasteiger partial charge is 0.478 e. The van der Waals surface area contributed by atoms with E-state index in [0.29, 0.717) is 19.5 Å². The van der Waals surface area contributed by atoms with Gasteiger partial charge >= 0.3 is 5.97 Å². The first kappa shape index (κ1) is 13.9. The van der Waals surface area contributed by atoms with Gasteiger partial charge in [-0.05, 0) is 48.9 Å². The van der Waals surface area contributed by atoms with Gasteiger partial charge in [-0.15, -0.1) is 0 Å². The minimum atomic E-state index is -0.921. The Bertz CT molecular complexity index is 618. The minimum Gasteiger partial charge on any atom is -0.478 e. The number of fused-ring (bicyclic) bond motifs is 1. The van der Waals surface area contributed by atoms with Crippen LogP contribution < -0.4 is 0 Å². The van der Waals surface area contributed by atoms with Crippen LogP contribution in [0.25, 0.3) is 0 Å². The molecule has 3 rings (SSSR count). The monoisotopic (exact) mass is 285 g/mol. The van der Waals surface area contributed by atoms with Crippen molar-refractivity contribution in [1.29, 1.82) is 0 Å². The van der Waals surface area contributed by atoms with E-state index in [2.05, 4.69) is 6.08 Å². The third kappa shape index (κ3) is 2.99. The molecule has 1 aliphatic heterocycles. The summed E-state index contributed by atoms with van der Waals surface area (Å²) in [6, 6.07) is 5.12. The fourth-order valence-electron chi connectivity index (χ4n) is 3.08. The molecule has 1 aromatic carbocycles. The Labute approximate surface area is 124 Å². The van der Waals surface area contributed by atoms with E-state index < -0.39 is 5.97 Å². The van der Waals surface area contributed by atoms with Gasteiger partial charge in [0.25, 0.3) is 0 Å². The highest BCUT2D eigenvalue weighted by atomic mass is 16.4. The molecule has 0 unspecified atom stereocenters. The summed E-state index contributed by atoms with van der Waals surface area (Å²) in [4.78, 5) is 25.2. The molecular weight excluding hydrogens is 266 g/mol. The molecule has 0 aromatic heterocycles. The van der Waals surface area contributed by atoms with E-state index in [1.807, 2.05) is 11.0 Å². The first-order chi connectivity index (χ1) is 10.1. The van der Waals surface area contributed by atoms with E-state index in [1.165, 1.54) is 18.4 Å². The van der Waals surface area contributed by atoms with Gasteiger partial charge in [0.05, 0.1) is 5.56 Å². The number of rotatable bonds is 3. The molecule has 2 aliphatic rings. The number of allylic oxidation sites excluding steroid dienone is 1. The molecule has 0 atom stereocenters. The van der Waals surface area contributed by atoms with Gasteiger partial charge in [0.2, 0.25) is 5.91 Å². The van der Waals surface area contributed by atoms with Gasteiger partial charge in [0.15, 0.2) is 0 Å². The number of aromatic carboxylic acids is 1. The van der Waals surface area contributed by atoms with E-state index in [4.69, 9.17) is 5.11 Å². The highest BCUT2D eigenvalue weighted by molar-refractivity contribution is 5.88. The van der Waals surface area contributed by atoms with E-state index in [-0.39, 0.29) is 11.5 Å². The highest BCUT2D eigenvalue weighted by Crippen LogP contribution is 2.27. The molecule has 0 saturated carbocycles. The Morgan fingerprint density at radius 3 is 2.67 bits per heavy atom. The predicted molar refractivity (Wildman–Crippen MR) is 78.8 cm³/mol. The van der Waals surface area contributed by atoms with Crippen LogP contribution in [0.2, 0.25) is 0 Å². The molecule has 4 heteroatoms. The Morgan fingerprint density at radius 1 is 1.14 bits per heavy atom. The lowest BCUT2D eigenvalue weighted by molar-refractivity contribution is -0.131. The zero-order valence-electron chi connectivity index (χ0n) is 12.0. The summed E-state index contributed by atoms with van der Waals surface area (Å²) in [7, 11) is 0. The van der Waals surface area contributed by atoms with E-state index in [0.717, 1.165) is 24.0 Å². The maximum atomic E-state index is 12.4. The quantitative estimate of drug-likeness (QED) is 0.868. The van der Waals surface area contributed by atoms with Gasteiger partial charge < -0.3 is 10.0 Å². The molecule has 0 saturated heterocycles. The topological polar surface area (TPSA) is 57.6 Å². The molecule has 4 nitrogen and oxygen atoms in total. The lowest BCUT2D eigenvalue weighted by Crippen LogP contribution is -2.25. The summed E-state index contributed by atoms with van der Waals surface area (Å²) in [6.07, 6.45) is 7.25. The summed E-state index contributed by atoms with van der Waals surface area (Å²) in [5.41, 5.74) is 3.57. The van der Waals surface area contributed by atoms with Crippen molar-refractivity contribution in [3.05, 3.63) is 46.5 Å². The zero-order chi connectivity index (χ0) is 14.8. The van der Waals surface area contributed by atoms with Crippen LogP contribution in [0.5, 0.6) is 0 Å². The van der Waals surface area contributed by atoms with Crippen LogP contribution >= 0.6 is 0 Å². The number of carboxylic acids is 1. The number of amides is 1. The van der Waals surface area contributed by atoms with Crippen molar-refractivity contribution >= 4 is 11.9 Å².